The van der Waals surface area contributed by atoms with Crippen LogP contribution in [0.4, 0.5) is 13.2 Å². The molecule has 2 N–H and O–H groups in total. The maximum atomic E-state index is 12.6. The maximum Gasteiger partial charge on any atom is 0.511 e. The molecule has 166 valence electrons. The highest BCUT2D eigenvalue weighted by Crippen LogP contribution is 2.28. The zero-order valence-electron chi connectivity index (χ0n) is 16.3. The second-order valence-electron chi connectivity index (χ2n) is 7.12. The molecule has 0 aliphatic carbocycles. The molecule has 1 atom stereocenters. The predicted molar refractivity (Wildman–Crippen MR) is 114 cm³/mol. The van der Waals surface area contributed by atoms with Gasteiger partial charge in [0, 0.05) is 39.3 Å². The Hall–Kier alpha value is -0.340. The van der Waals surface area contributed by atoms with E-state index in [2.05, 4.69) is 27.4 Å². The van der Waals surface area contributed by atoms with Gasteiger partial charge in [-0.1, -0.05) is 6.92 Å². The van der Waals surface area contributed by atoms with Gasteiger partial charge in [-0.25, -0.2) is 8.42 Å². The lowest BCUT2D eigenvalue weighted by Gasteiger charge is -2.34. The standard InChI is InChI=1S/C16H30F3N5O2S.HI/c1-3-23-8-4-5-13(12-23)11-21-15(20-2)22-14-6-9-24(10-7-14)27(25,26)16(17,18)19;/h13-14H,3-12H2,1-2H3,(H2,20,21,22);1H. The Bertz CT molecular complexity index is 610. The SMILES string of the molecule is CCN1CCCC(CNC(=NC)NC2CCN(S(=O)(=O)C(F)(F)F)CC2)C1.I. The molecule has 0 amide bonds. The van der Waals surface area contributed by atoms with Crippen molar-refractivity contribution in [3.8, 4) is 0 Å². The van der Waals surface area contributed by atoms with Crippen molar-refractivity contribution in [2.75, 3.05) is 46.3 Å². The lowest BCUT2D eigenvalue weighted by molar-refractivity contribution is -0.0494. The van der Waals surface area contributed by atoms with E-state index in [1.54, 1.807) is 7.05 Å². The van der Waals surface area contributed by atoms with E-state index < -0.39 is 15.5 Å². The Morgan fingerprint density at radius 2 is 1.82 bits per heavy atom. The predicted octanol–water partition coefficient (Wildman–Crippen LogP) is 1.82. The van der Waals surface area contributed by atoms with Crippen molar-refractivity contribution >= 4 is 40.0 Å². The first-order valence-corrected chi connectivity index (χ1v) is 10.9. The quantitative estimate of drug-likeness (QED) is 0.316. The van der Waals surface area contributed by atoms with Crippen LogP contribution in [0.25, 0.3) is 0 Å². The average molecular weight is 541 g/mol. The maximum absolute atomic E-state index is 12.6. The fourth-order valence-electron chi connectivity index (χ4n) is 3.62. The highest BCUT2D eigenvalue weighted by atomic mass is 127. The van der Waals surface area contributed by atoms with E-state index in [1.165, 1.54) is 6.42 Å². The van der Waals surface area contributed by atoms with Crippen LogP contribution < -0.4 is 10.6 Å². The number of sulfonamides is 1. The third kappa shape index (κ3) is 6.87. The van der Waals surface area contributed by atoms with Gasteiger partial charge in [-0.15, -0.1) is 24.0 Å². The summed E-state index contributed by atoms with van der Waals surface area (Å²) in [6.07, 6.45) is 2.96. The first kappa shape index (κ1) is 25.7. The van der Waals surface area contributed by atoms with E-state index in [-0.39, 0.29) is 43.1 Å². The summed E-state index contributed by atoms with van der Waals surface area (Å²) in [4.78, 5) is 6.60. The van der Waals surface area contributed by atoms with Gasteiger partial charge in [-0.2, -0.15) is 17.5 Å². The number of nitrogens with one attached hydrogen (secondary N) is 2. The van der Waals surface area contributed by atoms with Gasteiger partial charge in [-0.3, -0.25) is 4.99 Å². The number of alkyl halides is 3. The molecule has 0 bridgehead atoms. The lowest BCUT2D eigenvalue weighted by Crippen LogP contribution is -2.52. The molecule has 0 aromatic rings. The van der Waals surface area contributed by atoms with Gasteiger partial charge in [0.15, 0.2) is 5.96 Å². The lowest BCUT2D eigenvalue weighted by atomic mass is 9.98. The number of piperidine rings is 2. The number of aliphatic imine (C=N–C) groups is 1. The smallest absolute Gasteiger partial charge is 0.356 e. The van der Waals surface area contributed by atoms with Gasteiger partial charge in [0.1, 0.15) is 0 Å². The summed E-state index contributed by atoms with van der Waals surface area (Å²) in [5.41, 5.74) is -5.24. The van der Waals surface area contributed by atoms with Gasteiger partial charge in [0.05, 0.1) is 0 Å². The van der Waals surface area contributed by atoms with Crippen molar-refractivity contribution in [1.29, 1.82) is 0 Å². The van der Waals surface area contributed by atoms with Crippen molar-refractivity contribution in [3.05, 3.63) is 0 Å². The van der Waals surface area contributed by atoms with Crippen molar-refractivity contribution in [2.24, 2.45) is 10.9 Å². The summed E-state index contributed by atoms with van der Waals surface area (Å²) in [6.45, 7) is 5.88. The van der Waals surface area contributed by atoms with E-state index in [0.717, 1.165) is 32.6 Å². The second kappa shape index (κ2) is 11.2. The fourth-order valence-corrected chi connectivity index (χ4v) is 4.61. The van der Waals surface area contributed by atoms with Crippen LogP contribution in [0.15, 0.2) is 4.99 Å². The number of likely N-dealkylation sites (tertiary alicyclic amines) is 1. The Morgan fingerprint density at radius 3 is 2.36 bits per heavy atom. The van der Waals surface area contributed by atoms with Crippen molar-refractivity contribution in [1.82, 2.24) is 19.8 Å². The van der Waals surface area contributed by atoms with Crippen molar-refractivity contribution in [2.45, 2.75) is 44.2 Å². The topological polar surface area (TPSA) is 77.0 Å². The van der Waals surface area contributed by atoms with Gasteiger partial charge in [-0.05, 0) is 44.7 Å². The molecule has 28 heavy (non-hydrogen) atoms. The first-order chi connectivity index (χ1) is 12.7. The van der Waals surface area contributed by atoms with Crippen LogP contribution in [-0.2, 0) is 10.0 Å². The Labute approximate surface area is 182 Å². The number of hydrogen-bond donors (Lipinski definition) is 2. The summed E-state index contributed by atoms with van der Waals surface area (Å²) in [6, 6.07) is -0.102. The van der Waals surface area contributed by atoms with Crippen LogP contribution in [0, 0.1) is 5.92 Å². The molecule has 2 saturated heterocycles. The van der Waals surface area contributed by atoms with Crippen molar-refractivity contribution in [3.63, 3.8) is 0 Å². The Morgan fingerprint density at radius 1 is 1.18 bits per heavy atom. The molecule has 0 aromatic carbocycles. The fraction of sp³-hybridized carbons (Fsp3) is 0.938. The molecule has 12 heteroatoms. The molecule has 0 saturated carbocycles. The molecule has 7 nitrogen and oxygen atoms in total. The number of rotatable bonds is 5. The normalized spacial score (nSPS) is 23.9. The minimum atomic E-state index is -5.24. The average Bonchev–Trinajstić information content (AvgIpc) is 2.64. The van der Waals surface area contributed by atoms with Gasteiger partial charge in [0.2, 0.25) is 0 Å². The van der Waals surface area contributed by atoms with E-state index in [1.807, 2.05) is 0 Å². The van der Waals surface area contributed by atoms with E-state index in [9.17, 15) is 21.6 Å². The summed E-state index contributed by atoms with van der Waals surface area (Å²) >= 11 is 0. The molecule has 1 unspecified atom stereocenters. The molecule has 2 heterocycles. The van der Waals surface area contributed by atoms with Crippen LogP contribution in [0.5, 0.6) is 0 Å². The summed E-state index contributed by atoms with van der Waals surface area (Å²) in [5, 5.41) is 6.50. The summed E-state index contributed by atoms with van der Waals surface area (Å²) < 4.78 is 61.3. The minimum absolute atomic E-state index is 0. The van der Waals surface area contributed by atoms with Gasteiger partial charge >= 0.3 is 15.5 Å². The molecule has 0 radical (unpaired) electrons. The third-order valence-corrected chi connectivity index (χ3v) is 6.89. The first-order valence-electron chi connectivity index (χ1n) is 9.43. The number of nitrogens with zero attached hydrogens (tertiary/aromatic N) is 3. The van der Waals surface area contributed by atoms with E-state index in [4.69, 9.17) is 0 Å². The molecular weight excluding hydrogens is 510 g/mol. The molecule has 2 fully saturated rings. The van der Waals surface area contributed by atoms with Crippen LogP contribution in [0.3, 0.4) is 0 Å². The van der Waals surface area contributed by atoms with E-state index in [0.29, 0.717) is 29.0 Å². The largest absolute Gasteiger partial charge is 0.511 e. The number of halogens is 4. The second-order valence-corrected chi connectivity index (χ2v) is 9.05. The van der Waals surface area contributed by atoms with Crippen LogP contribution in [0.1, 0.15) is 32.6 Å². The highest BCUT2D eigenvalue weighted by molar-refractivity contribution is 14.0. The number of hydrogen-bond acceptors (Lipinski definition) is 4. The van der Waals surface area contributed by atoms with Crippen molar-refractivity contribution < 1.29 is 21.6 Å². The molecule has 2 rings (SSSR count). The third-order valence-electron chi connectivity index (χ3n) is 5.26. The van der Waals surface area contributed by atoms with E-state index >= 15 is 0 Å². The van der Waals surface area contributed by atoms with Gasteiger partial charge in [0.25, 0.3) is 0 Å². The summed E-state index contributed by atoms with van der Waals surface area (Å²) in [7, 11) is -3.58. The molecule has 0 spiro atoms. The Kier molecular flexibility index (Phi) is 10.2. The molecule has 2 aliphatic heterocycles. The Balaban J connectivity index is 0.00000392. The van der Waals surface area contributed by atoms with Crippen LogP contribution in [-0.4, -0.2) is 81.4 Å². The molecule has 0 aromatic heterocycles. The number of guanidine groups is 1. The molecule has 2 aliphatic rings. The van der Waals surface area contributed by atoms with Crippen LogP contribution >= 0.6 is 24.0 Å². The zero-order chi connectivity index (χ0) is 20.1. The highest BCUT2D eigenvalue weighted by Gasteiger charge is 2.50. The van der Waals surface area contributed by atoms with Gasteiger partial charge < -0.3 is 15.5 Å². The minimum Gasteiger partial charge on any atom is -0.356 e. The monoisotopic (exact) mass is 541 g/mol. The zero-order valence-corrected chi connectivity index (χ0v) is 19.5. The molecular formula is C16H31F3IN5O2S. The summed E-state index contributed by atoms with van der Waals surface area (Å²) in [5.74, 6) is 1.15. The van der Waals surface area contributed by atoms with Crippen LogP contribution in [0.2, 0.25) is 0 Å².